The second kappa shape index (κ2) is 9.42. The zero-order valence-electron chi connectivity index (χ0n) is 15.5. The summed E-state index contributed by atoms with van der Waals surface area (Å²) in [5.41, 5.74) is 2.41. The van der Waals surface area contributed by atoms with Crippen LogP contribution in [0.15, 0.2) is 47.1 Å². The average molecular weight is 352 g/mol. The van der Waals surface area contributed by atoms with Crippen molar-refractivity contribution in [1.82, 2.24) is 10.2 Å². The molecule has 1 N–H and O–H groups in total. The first kappa shape index (κ1) is 18.5. The fourth-order valence-corrected chi connectivity index (χ4v) is 3.51. The molecule has 0 radical (unpaired) electrons. The van der Waals surface area contributed by atoms with E-state index in [2.05, 4.69) is 51.5 Å². The van der Waals surface area contributed by atoms with Crippen molar-refractivity contribution in [3.63, 3.8) is 0 Å². The van der Waals surface area contributed by atoms with Gasteiger partial charge in [0, 0.05) is 32.4 Å². The van der Waals surface area contributed by atoms with Gasteiger partial charge in [-0.05, 0) is 55.8 Å². The molecule has 1 aromatic heterocycles. The third-order valence-corrected chi connectivity index (χ3v) is 5.06. The van der Waals surface area contributed by atoms with Crippen molar-refractivity contribution in [3.05, 3.63) is 54.0 Å². The van der Waals surface area contributed by atoms with Crippen LogP contribution < -0.4 is 10.2 Å². The summed E-state index contributed by atoms with van der Waals surface area (Å²) in [5, 5.41) is 12.3. The number of rotatable bonds is 9. The van der Waals surface area contributed by atoms with Crippen molar-refractivity contribution in [3.8, 4) is 6.07 Å². The second-order valence-electron chi connectivity index (χ2n) is 6.90. The van der Waals surface area contributed by atoms with Gasteiger partial charge in [0.15, 0.2) is 0 Å². The van der Waals surface area contributed by atoms with Crippen LogP contribution in [0.5, 0.6) is 0 Å². The number of furan rings is 1. The van der Waals surface area contributed by atoms with Gasteiger partial charge in [-0.15, -0.1) is 0 Å². The average Bonchev–Trinajstić information content (AvgIpc) is 3.38. The Hall–Kier alpha value is -2.29. The second-order valence-corrected chi connectivity index (χ2v) is 6.90. The van der Waals surface area contributed by atoms with Crippen LogP contribution in [0.3, 0.4) is 0 Å². The maximum atomic E-state index is 8.70. The molecule has 138 valence electrons. The predicted molar refractivity (Wildman–Crippen MR) is 104 cm³/mol. The molecular formula is C21H28N4O. The Morgan fingerprint density at radius 2 is 2.00 bits per heavy atom. The van der Waals surface area contributed by atoms with Crippen molar-refractivity contribution < 1.29 is 4.42 Å². The molecule has 0 aliphatic carbocycles. The summed E-state index contributed by atoms with van der Waals surface area (Å²) in [6.07, 6.45) is 4.86. The number of nitrogens with one attached hydrogen (secondary N) is 1. The molecule has 2 aromatic rings. The van der Waals surface area contributed by atoms with Crippen LogP contribution in [0.2, 0.25) is 0 Å². The highest BCUT2D eigenvalue weighted by Gasteiger charge is 2.24. The molecule has 1 atom stereocenters. The number of likely N-dealkylation sites (tertiary alicyclic amines) is 1. The lowest BCUT2D eigenvalue weighted by atomic mass is 10.1. The zero-order valence-corrected chi connectivity index (χ0v) is 15.5. The maximum Gasteiger partial charge on any atom is 0.122 e. The minimum Gasteiger partial charge on any atom is -0.468 e. The van der Waals surface area contributed by atoms with Gasteiger partial charge >= 0.3 is 0 Å². The van der Waals surface area contributed by atoms with E-state index in [9.17, 15) is 0 Å². The Bertz CT molecular complexity index is 684. The van der Waals surface area contributed by atoms with Crippen LogP contribution in [-0.4, -0.2) is 38.1 Å². The van der Waals surface area contributed by atoms with Crippen LogP contribution in [0, 0.1) is 11.3 Å². The van der Waals surface area contributed by atoms with E-state index in [1.165, 1.54) is 18.4 Å². The number of hydrogen-bond acceptors (Lipinski definition) is 5. The Morgan fingerprint density at radius 3 is 2.65 bits per heavy atom. The van der Waals surface area contributed by atoms with Crippen LogP contribution in [0.1, 0.15) is 36.6 Å². The van der Waals surface area contributed by atoms with Crippen molar-refractivity contribution in [2.45, 2.75) is 31.8 Å². The Morgan fingerprint density at radius 1 is 1.23 bits per heavy atom. The number of hydrogen-bond donors (Lipinski definition) is 1. The lowest BCUT2D eigenvalue weighted by Gasteiger charge is -2.26. The van der Waals surface area contributed by atoms with E-state index in [0.29, 0.717) is 12.5 Å². The first-order valence-corrected chi connectivity index (χ1v) is 9.43. The standard InChI is InChI=1S/C21H28N4O/c1-24(12-5-11-22)19-9-7-18(8-10-19)16-23-17-20(21-6-4-15-26-21)25-13-2-3-14-25/h4,6-10,15,20,23H,2-3,5,12-14,16-17H2,1H3/t20-/m0/s1. The van der Waals surface area contributed by atoms with Gasteiger partial charge in [-0.2, -0.15) is 5.26 Å². The molecule has 1 aromatic carbocycles. The van der Waals surface area contributed by atoms with Gasteiger partial charge in [-0.3, -0.25) is 4.90 Å². The molecule has 2 heterocycles. The molecule has 0 saturated carbocycles. The molecule has 5 nitrogen and oxygen atoms in total. The van der Waals surface area contributed by atoms with E-state index in [4.69, 9.17) is 9.68 Å². The van der Waals surface area contributed by atoms with E-state index in [0.717, 1.165) is 44.2 Å². The molecular weight excluding hydrogens is 324 g/mol. The summed E-state index contributed by atoms with van der Waals surface area (Å²) < 4.78 is 5.68. The maximum absolute atomic E-state index is 8.70. The van der Waals surface area contributed by atoms with Crippen LogP contribution in [0.4, 0.5) is 5.69 Å². The van der Waals surface area contributed by atoms with Crippen molar-refractivity contribution in [2.75, 3.05) is 38.1 Å². The Labute approximate surface area is 156 Å². The number of anilines is 1. The molecule has 5 heteroatoms. The summed E-state index contributed by atoms with van der Waals surface area (Å²) >= 11 is 0. The molecule has 0 bridgehead atoms. The molecule has 26 heavy (non-hydrogen) atoms. The topological polar surface area (TPSA) is 55.4 Å². The summed E-state index contributed by atoms with van der Waals surface area (Å²) in [5.74, 6) is 1.05. The molecule has 3 rings (SSSR count). The van der Waals surface area contributed by atoms with Gasteiger partial charge in [-0.25, -0.2) is 0 Å². The lowest BCUT2D eigenvalue weighted by molar-refractivity contribution is 0.209. The molecule has 1 aliphatic heterocycles. The Balaban J connectivity index is 1.52. The summed E-state index contributed by atoms with van der Waals surface area (Å²) in [6, 6.07) is 15.1. The normalized spacial score (nSPS) is 15.7. The first-order valence-electron chi connectivity index (χ1n) is 9.43. The monoisotopic (exact) mass is 352 g/mol. The third kappa shape index (κ3) is 4.87. The van der Waals surface area contributed by atoms with Gasteiger partial charge < -0.3 is 14.6 Å². The first-order chi connectivity index (χ1) is 12.8. The van der Waals surface area contributed by atoms with Crippen LogP contribution in [0.25, 0.3) is 0 Å². The molecule has 0 amide bonds. The van der Waals surface area contributed by atoms with Crippen molar-refractivity contribution >= 4 is 5.69 Å². The fraction of sp³-hybridized carbons (Fsp3) is 0.476. The highest BCUT2D eigenvalue weighted by molar-refractivity contribution is 5.46. The van der Waals surface area contributed by atoms with Crippen molar-refractivity contribution in [1.29, 1.82) is 5.26 Å². The van der Waals surface area contributed by atoms with Gasteiger partial charge in [0.1, 0.15) is 5.76 Å². The molecule has 1 fully saturated rings. The summed E-state index contributed by atoms with van der Waals surface area (Å²) in [7, 11) is 2.02. The summed E-state index contributed by atoms with van der Waals surface area (Å²) in [4.78, 5) is 4.62. The highest BCUT2D eigenvalue weighted by atomic mass is 16.3. The Kier molecular flexibility index (Phi) is 6.70. The van der Waals surface area contributed by atoms with Crippen molar-refractivity contribution in [2.24, 2.45) is 0 Å². The van der Waals surface area contributed by atoms with E-state index in [-0.39, 0.29) is 0 Å². The van der Waals surface area contributed by atoms with Gasteiger partial charge in [0.25, 0.3) is 0 Å². The van der Waals surface area contributed by atoms with E-state index < -0.39 is 0 Å². The SMILES string of the molecule is CN(CCC#N)c1ccc(CNC[C@@H](c2ccco2)N2CCCC2)cc1. The quantitative estimate of drug-likeness (QED) is 0.748. The largest absolute Gasteiger partial charge is 0.468 e. The number of nitrogens with zero attached hydrogens (tertiary/aromatic N) is 3. The number of benzene rings is 1. The minimum atomic E-state index is 0.309. The zero-order chi connectivity index (χ0) is 18.2. The van der Waals surface area contributed by atoms with Gasteiger partial charge in [0.05, 0.1) is 24.8 Å². The number of nitriles is 1. The van der Waals surface area contributed by atoms with E-state index in [1.807, 2.05) is 13.1 Å². The van der Waals surface area contributed by atoms with Gasteiger partial charge in [-0.1, -0.05) is 12.1 Å². The van der Waals surface area contributed by atoms with E-state index >= 15 is 0 Å². The fourth-order valence-electron chi connectivity index (χ4n) is 3.51. The molecule has 0 spiro atoms. The van der Waals surface area contributed by atoms with Crippen LogP contribution in [-0.2, 0) is 6.54 Å². The molecule has 1 aliphatic rings. The third-order valence-electron chi connectivity index (χ3n) is 5.06. The molecule has 1 saturated heterocycles. The predicted octanol–water partition coefficient (Wildman–Crippen LogP) is 3.56. The molecule has 0 unspecified atom stereocenters. The van der Waals surface area contributed by atoms with Crippen LogP contribution >= 0.6 is 0 Å². The van der Waals surface area contributed by atoms with E-state index in [1.54, 1.807) is 6.26 Å². The lowest BCUT2D eigenvalue weighted by Crippen LogP contribution is -2.33. The summed E-state index contributed by atoms with van der Waals surface area (Å²) in [6.45, 7) is 4.78. The smallest absolute Gasteiger partial charge is 0.122 e. The van der Waals surface area contributed by atoms with Gasteiger partial charge in [0.2, 0.25) is 0 Å². The minimum absolute atomic E-state index is 0.309. The highest BCUT2D eigenvalue weighted by Crippen LogP contribution is 2.25.